The van der Waals surface area contributed by atoms with E-state index < -0.39 is 98.4 Å². The Morgan fingerprint density at radius 3 is 2.15 bits per heavy atom. The number of rotatable bonds is 8. The van der Waals surface area contributed by atoms with Crippen molar-refractivity contribution in [2.75, 3.05) is 13.2 Å². The van der Waals surface area contributed by atoms with Crippen LogP contribution in [0.3, 0.4) is 0 Å². The maximum atomic E-state index is 12.0. The third-order valence-corrected chi connectivity index (χ3v) is 17.6. The number of hydrogen-bond donors (Lipinski definition) is 7. The second-order valence-electron chi connectivity index (χ2n) is 20.8. The maximum Gasteiger partial charge on any atom is 0.187 e. The van der Waals surface area contributed by atoms with Crippen molar-refractivity contribution in [3.8, 4) is 0 Å². The lowest BCUT2D eigenvalue weighted by Gasteiger charge is -2.58. The molecule has 9 rings (SSSR count). The first kappa shape index (κ1) is 44.3. The molecule has 0 amide bonds. The van der Waals surface area contributed by atoms with Crippen LogP contribution in [0.2, 0.25) is 0 Å². The zero-order valence-corrected chi connectivity index (χ0v) is 36.2. The van der Waals surface area contributed by atoms with E-state index in [1.54, 1.807) is 6.92 Å². The van der Waals surface area contributed by atoms with E-state index in [2.05, 4.69) is 33.8 Å². The van der Waals surface area contributed by atoms with Gasteiger partial charge >= 0.3 is 0 Å². The average Bonchev–Trinajstić information content (AvgIpc) is 3.79. The van der Waals surface area contributed by atoms with Crippen molar-refractivity contribution in [3.63, 3.8) is 0 Å². The Bertz CT molecular complexity index is 1560. The lowest BCUT2D eigenvalue weighted by atomic mass is 9.47. The van der Waals surface area contributed by atoms with Crippen molar-refractivity contribution < 1.29 is 73.6 Å². The lowest BCUT2D eigenvalue weighted by Crippen LogP contribution is -2.65. The predicted molar refractivity (Wildman–Crippen MR) is 211 cm³/mol. The van der Waals surface area contributed by atoms with Crippen LogP contribution in [-0.2, 0) is 37.9 Å². The Hall–Kier alpha value is -0.860. The highest BCUT2D eigenvalue weighted by Crippen LogP contribution is 2.70. The first-order valence-electron chi connectivity index (χ1n) is 23.2. The molecular weight excluding hydrogens is 780 g/mol. The van der Waals surface area contributed by atoms with Crippen LogP contribution in [0.15, 0.2) is 11.6 Å². The van der Waals surface area contributed by atoms with Gasteiger partial charge in [-0.25, -0.2) is 0 Å². The van der Waals surface area contributed by atoms with Crippen molar-refractivity contribution in [1.82, 2.24) is 0 Å². The van der Waals surface area contributed by atoms with E-state index in [0.717, 1.165) is 45.1 Å². The van der Waals surface area contributed by atoms with Gasteiger partial charge in [0.1, 0.15) is 54.9 Å². The van der Waals surface area contributed by atoms with Crippen LogP contribution in [0, 0.1) is 46.3 Å². The summed E-state index contributed by atoms with van der Waals surface area (Å²) in [5, 5.41) is 75.6. The summed E-state index contributed by atoms with van der Waals surface area (Å²) >= 11 is 0. The summed E-state index contributed by atoms with van der Waals surface area (Å²) in [5.41, 5.74) is 1.59. The smallest absolute Gasteiger partial charge is 0.187 e. The monoisotopic (exact) mass is 852 g/mol. The summed E-state index contributed by atoms with van der Waals surface area (Å²) in [6.45, 7) is 13.2. The Morgan fingerprint density at radius 1 is 0.733 bits per heavy atom. The second kappa shape index (κ2) is 16.5. The van der Waals surface area contributed by atoms with Crippen LogP contribution < -0.4 is 0 Å². The fourth-order valence-corrected chi connectivity index (χ4v) is 14.0. The quantitative estimate of drug-likeness (QED) is 0.175. The maximum absolute atomic E-state index is 12.0. The van der Waals surface area contributed by atoms with E-state index in [1.165, 1.54) is 25.3 Å². The molecule has 0 aromatic rings. The van der Waals surface area contributed by atoms with Crippen molar-refractivity contribution in [2.45, 2.75) is 210 Å². The molecule has 0 bridgehead atoms. The molecule has 0 aromatic heterocycles. The fourth-order valence-electron chi connectivity index (χ4n) is 14.0. The molecule has 9 aliphatic rings. The summed E-state index contributed by atoms with van der Waals surface area (Å²) in [4.78, 5) is 0. The number of hydrogen-bond acceptors (Lipinski definition) is 15. The van der Waals surface area contributed by atoms with Gasteiger partial charge in [-0.05, 0) is 105 Å². The van der Waals surface area contributed by atoms with Gasteiger partial charge in [0.05, 0.1) is 37.6 Å². The zero-order chi connectivity index (χ0) is 42.6. The van der Waals surface area contributed by atoms with E-state index in [4.69, 9.17) is 37.9 Å². The van der Waals surface area contributed by atoms with E-state index in [-0.39, 0.29) is 23.0 Å². The largest absolute Gasteiger partial charge is 0.394 e. The molecule has 15 nitrogen and oxygen atoms in total. The van der Waals surface area contributed by atoms with Crippen molar-refractivity contribution >= 4 is 0 Å². The molecule has 5 saturated heterocycles. The van der Waals surface area contributed by atoms with E-state index >= 15 is 0 Å². The van der Waals surface area contributed by atoms with Gasteiger partial charge in [0.25, 0.3) is 0 Å². The third-order valence-electron chi connectivity index (χ3n) is 17.6. The van der Waals surface area contributed by atoms with Crippen LogP contribution in [-0.4, -0.2) is 153 Å². The highest BCUT2D eigenvalue weighted by Gasteiger charge is 2.69. The summed E-state index contributed by atoms with van der Waals surface area (Å²) < 4.78 is 50.4. The number of ether oxygens (including phenoxy) is 8. The minimum Gasteiger partial charge on any atom is -0.394 e. The molecule has 0 aromatic carbocycles. The molecular formula is C45H72O15. The normalized spacial score (nSPS) is 57.7. The molecule has 8 fully saturated rings. The first-order valence-corrected chi connectivity index (χ1v) is 23.2. The Morgan fingerprint density at radius 2 is 1.45 bits per heavy atom. The van der Waals surface area contributed by atoms with Gasteiger partial charge in [0.2, 0.25) is 0 Å². The van der Waals surface area contributed by atoms with Gasteiger partial charge in [0.15, 0.2) is 24.7 Å². The summed E-state index contributed by atoms with van der Waals surface area (Å²) in [6.07, 6.45) is -6.76. The standard InChI is InChI=1S/C45H72O15/c1-7-28-33(48)35(50)41(56-28)58-38-30(18-46)57-42(39(37(38)52)59-40-36(51)34(49)32(47)22(4)54-40)55-24-11-13-43(5)23(16-24)8-9-25-26(43)12-14-44(6)27(25)17-29-31(44)21(3)45(60-29)15-10-20(2)19-53-45/h8,20-22,24-42,46-52H,7,9-19H2,1-6H3. The van der Waals surface area contributed by atoms with E-state index in [9.17, 15) is 35.7 Å². The van der Waals surface area contributed by atoms with Crippen LogP contribution in [0.25, 0.3) is 0 Å². The third kappa shape index (κ3) is 7.11. The lowest BCUT2D eigenvalue weighted by molar-refractivity contribution is -0.380. The Balaban J connectivity index is 0.913. The molecule has 3 saturated carbocycles. The minimum absolute atomic E-state index is 0.00369. The summed E-state index contributed by atoms with van der Waals surface area (Å²) in [6, 6.07) is 0. The van der Waals surface area contributed by atoms with Crippen molar-refractivity contribution in [3.05, 3.63) is 11.6 Å². The number of allylic oxidation sites excluding steroid dienone is 1. The molecule has 1 spiro atoms. The highest BCUT2D eigenvalue weighted by molar-refractivity contribution is 5.26. The van der Waals surface area contributed by atoms with E-state index in [1.807, 2.05) is 0 Å². The van der Waals surface area contributed by atoms with Crippen molar-refractivity contribution in [1.29, 1.82) is 0 Å². The summed E-state index contributed by atoms with van der Waals surface area (Å²) in [7, 11) is 0. The van der Waals surface area contributed by atoms with Crippen LogP contribution in [0.1, 0.15) is 106 Å². The number of fused-ring (bicyclic) bond motifs is 7. The average molecular weight is 853 g/mol. The molecule has 5 aliphatic heterocycles. The van der Waals surface area contributed by atoms with Gasteiger partial charge < -0.3 is 73.6 Å². The van der Waals surface area contributed by atoms with E-state index in [0.29, 0.717) is 48.3 Å². The van der Waals surface area contributed by atoms with Gasteiger partial charge in [0, 0.05) is 12.3 Å². The van der Waals surface area contributed by atoms with Crippen molar-refractivity contribution in [2.24, 2.45) is 46.3 Å². The van der Waals surface area contributed by atoms with Crippen LogP contribution >= 0.6 is 0 Å². The van der Waals surface area contributed by atoms with Crippen LogP contribution in [0.4, 0.5) is 0 Å². The molecule has 5 heterocycles. The molecule has 4 aliphatic carbocycles. The Labute approximate surface area is 354 Å². The minimum atomic E-state index is -1.67. The molecule has 342 valence electrons. The summed E-state index contributed by atoms with van der Waals surface area (Å²) in [5.74, 6) is 2.73. The SMILES string of the molecule is CCC1OC(OC2C(CO)OC(OC3CCC4(C)C(=CCC5C4CCC4(C)C5CC5OC6(CCC(C)CO6)C(C)C54)C3)C(OC3OC(C)C(O)C(O)C3O)C2O)C(O)C1O. The van der Waals surface area contributed by atoms with Gasteiger partial charge in [-0.1, -0.05) is 46.3 Å². The van der Waals surface area contributed by atoms with Gasteiger partial charge in [-0.3, -0.25) is 0 Å². The van der Waals surface area contributed by atoms with Crippen LogP contribution in [0.5, 0.6) is 0 Å². The molecule has 25 atom stereocenters. The molecule has 25 unspecified atom stereocenters. The number of aliphatic hydroxyl groups excluding tert-OH is 7. The first-order chi connectivity index (χ1) is 28.5. The van der Waals surface area contributed by atoms with Gasteiger partial charge in [-0.2, -0.15) is 0 Å². The molecule has 60 heavy (non-hydrogen) atoms. The highest BCUT2D eigenvalue weighted by atomic mass is 16.8. The number of aliphatic hydroxyl groups is 7. The predicted octanol–water partition coefficient (Wildman–Crippen LogP) is 2.27. The molecule has 15 heteroatoms. The topological polar surface area (TPSA) is 215 Å². The second-order valence-corrected chi connectivity index (χ2v) is 20.8. The Kier molecular flexibility index (Phi) is 12.2. The zero-order valence-electron chi connectivity index (χ0n) is 36.2. The van der Waals surface area contributed by atoms with Gasteiger partial charge in [-0.15, -0.1) is 0 Å². The molecule has 7 N–H and O–H groups in total. The fraction of sp³-hybridized carbons (Fsp3) is 0.956. The molecule has 0 radical (unpaired) electrons.